The van der Waals surface area contributed by atoms with Gasteiger partial charge in [0.2, 0.25) is 0 Å². The maximum atomic E-state index is 9.72. The topological polar surface area (TPSA) is 40.5 Å². The summed E-state index contributed by atoms with van der Waals surface area (Å²) in [6.45, 7) is 5.67. The Bertz CT molecular complexity index is 148. The summed E-state index contributed by atoms with van der Waals surface area (Å²) in [5.41, 5.74) is -0.760. The van der Waals surface area contributed by atoms with E-state index < -0.39 is 5.60 Å². The van der Waals surface area contributed by atoms with Crippen LogP contribution in [0.4, 0.5) is 0 Å². The average Bonchev–Trinajstić information content (AvgIpc) is 1.83. The first-order chi connectivity index (χ1) is 5.41. The Hall–Kier alpha value is -0.0800. The molecule has 2 heteroatoms. The van der Waals surface area contributed by atoms with E-state index in [0.29, 0.717) is 12.0 Å². The maximum absolute atomic E-state index is 9.72. The standard InChI is InChI=1S/C10H19O2/c1-7-4-5-8(9(11)6-7)10(2,3)12/h7-8,11-12H,4-6H2,1-3H3. The number of hydrogen-bond donors (Lipinski definition) is 2. The molecule has 1 aliphatic carbocycles. The van der Waals surface area contributed by atoms with Gasteiger partial charge in [-0.25, -0.2) is 0 Å². The van der Waals surface area contributed by atoms with Gasteiger partial charge in [-0.1, -0.05) is 13.3 Å². The van der Waals surface area contributed by atoms with Gasteiger partial charge in [-0.2, -0.15) is 0 Å². The Kier molecular flexibility index (Phi) is 2.79. The minimum absolute atomic E-state index is 0.0197. The van der Waals surface area contributed by atoms with Crippen LogP contribution < -0.4 is 0 Å². The lowest BCUT2D eigenvalue weighted by atomic mass is 9.73. The highest BCUT2D eigenvalue weighted by Crippen LogP contribution is 2.39. The molecule has 2 unspecified atom stereocenters. The van der Waals surface area contributed by atoms with Crippen molar-refractivity contribution >= 4 is 0 Å². The van der Waals surface area contributed by atoms with Crippen molar-refractivity contribution in [2.75, 3.05) is 0 Å². The monoisotopic (exact) mass is 171 g/mol. The van der Waals surface area contributed by atoms with Crippen LogP contribution in [0.3, 0.4) is 0 Å². The van der Waals surface area contributed by atoms with Gasteiger partial charge in [0.25, 0.3) is 0 Å². The fourth-order valence-electron chi connectivity index (χ4n) is 1.98. The molecular weight excluding hydrogens is 152 g/mol. The molecule has 0 aromatic heterocycles. The molecule has 0 saturated heterocycles. The van der Waals surface area contributed by atoms with Gasteiger partial charge in [0.15, 0.2) is 0 Å². The van der Waals surface area contributed by atoms with E-state index >= 15 is 0 Å². The molecule has 2 nitrogen and oxygen atoms in total. The molecule has 1 saturated carbocycles. The zero-order valence-electron chi connectivity index (χ0n) is 8.17. The van der Waals surface area contributed by atoms with Gasteiger partial charge in [-0.3, -0.25) is 0 Å². The van der Waals surface area contributed by atoms with Gasteiger partial charge in [-0.05, 0) is 32.6 Å². The fourth-order valence-corrected chi connectivity index (χ4v) is 1.98. The normalized spacial score (nSPS) is 33.8. The van der Waals surface area contributed by atoms with Gasteiger partial charge >= 0.3 is 0 Å². The number of hydrogen-bond acceptors (Lipinski definition) is 2. The molecule has 1 radical (unpaired) electrons. The molecule has 2 N–H and O–H groups in total. The molecule has 0 amide bonds. The summed E-state index contributed by atoms with van der Waals surface area (Å²) in [6.07, 6.45) is 3.27. The lowest BCUT2D eigenvalue weighted by Gasteiger charge is -2.37. The van der Waals surface area contributed by atoms with Gasteiger partial charge < -0.3 is 10.2 Å². The zero-order valence-corrected chi connectivity index (χ0v) is 8.17. The molecule has 0 heterocycles. The van der Waals surface area contributed by atoms with E-state index in [4.69, 9.17) is 0 Å². The van der Waals surface area contributed by atoms with E-state index in [1.165, 1.54) is 0 Å². The van der Waals surface area contributed by atoms with Crippen LogP contribution in [0.15, 0.2) is 0 Å². The van der Waals surface area contributed by atoms with Crippen molar-refractivity contribution in [1.82, 2.24) is 0 Å². The highest BCUT2D eigenvalue weighted by molar-refractivity contribution is 4.98. The van der Waals surface area contributed by atoms with Crippen molar-refractivity contribution in [3.8, 4) is 0 Å². The fraction of sp³-hybridized carbons (Fsp3) is 0.900. The summed E-state index contributed by atoms with van der Waals surface area (Å²) in [4.78, 5) is 0. The summed E-state index contributed by atoms with van der Waals surface area (Å²) < 4.78 is 0. The Balaban J connectivity index is 2.57. The van der Waals surface area contributed by atoms with Crippen LogP contribution in [-0.2, 0) is 0 Å². The van der Waals surface area contributed by atoms with E-state index in [9.17, 15) is 10.2 Å². The lowest BCUT2D eigenvalue weighted by molar-refractivity contribution is -0.0276. The van der Waals surface area contributed by atoms with Gasteiger partial charge in [0.1, 0.15) is 0 Å². The predicted molar refractivity (Wildman–Crippen MR) is 48.0 cm³/mol. The first-order valence-electron chi connectivity index (χ1n) is 4.68. The third-order valence-corrected chi connectivity index (χ3v) is 2.76. The Morgan fingerprint density at radius 1 is 1.33 bits per heavy atom. The van der Waals surface area contributed by atoms with Crippen molar-refractivity contribution in [1.29, 1.82) is 0 Å². The second-order valence-corrected chi connectivity index (χ2v) is 4.58. The summed E-state index contributed by atoms with van der Waals surface area (Å²) >= 11 is 0. The molecule has 71 valence electrons. The summed E-state index contributed by atoms with van der Waals surface area (Å²) in [5, 5.41) is 19.3. The van der Waals surface area contributed by atoms with E-state index in [1.54, 1.807) is 13.8 Å². The Morgan fingerprint density at radius 2 is 1.92 bits per heavy atom. The third kappa shape index (κ3) is 2.20. The van der Waals surface area contributed by atoms with E-state index in [1.807, 2.05) is 0 Å². The minimum Gasteiger partial charge on any atom is -0.390 e. The highest BCUT2D eigenvalue weighted by Gasteiger charge is 2.37. The van der Waals surface area contributed by atoms with Gasteiger partial charge in [-0.15, -0.1) is 0 Å². The Morgan fingerprint density at radius 3 is 2.33 bits per heavy atom. The zero-order chi connectivity index (χ0) is 9.35. The third-order valence-electron chi connectivity index (χ3n) is 2.76. The summed E-state index contributed by atoms with van der Waals surface area (Å²) in [7, 11) is 0. The predicted octanol–water partition coefficient (Wildman–Crippen LogP) is 2.10. The van der Waals surface area contributed by atoms with E-state index in [2.05, 4.69) is 6.92 Å². The molecule has 12 heavy (non-hydrogen) atoms. The number of rotatable bonds is 1. The van der Waals surface area contributed by atoms with Crippen molar-refractivity contribution in [2.45, 2.75) is 45.6 Å². The van der Waals surface area contributed by atoms with Crippen LogP contribution in [0.1, 0.15) is 40.0 Å². The van der Waals surface area contributed by atoms with Gasteiger partial charge in [0, 0.05) is 5.92 Å². The van der Waals surface area contributed by atoms with Crippen LogP contribution in [0.2, 0.25) is 0 Å². The smallest absolute Gasteiger partial charge is 0.0994 e. The second kappa shape index (κ2) is 3.35. The molecule has 0 aromatic carbocycles. The molecule has 0 aliphatic heterocycles. The van der Waals surface area contributed by atoms with Crippen LogP contribution in [0.25, 0.3) is 0 Å². The van der Waals surface area contributed by atoms with Crippen molar-refractivity contribution in [3.63, 3.8) is 0 Å². The SMILES string of the molecule is CC1CCC(C(C)(C)O)[C](O)C1. The molecule has 1 fully saturated rings. The molecule has 1 aliphatic rings. The minimum atomic E-state index is -0.760. The molecule has 0 spiro atoms. The first kappa shape index (κ1) is 10.0. The summed E-state index contributed by atoms with van der Waals surface area (Å²) in [6, 6.07) is 0. The second-order valence-electron chi connectivity index (χ2n) is 4.58. The lowest BCUT2D eigenvalue weighted by Crippen LogP contribution is -2.38. The van der Waals surface area contributed by atoms with Crippen LogP contribution in [0.5, 0.6) is 0 Å². The number of aliphatic hydroxyl groups excluding tert-OH is 1. The molecular formula is C10H19O2. The summed E-state index contributed by atoms with van der Waals surface area (Å²) in [5.74, 6) is 0.553. The van der Waals surface area contributed by atoms with E-state index in [0.717, 1.165) is 19.3 Å². The molecule has 2 atom stereocenters. The van der Waals surface area contributed by atoms with E-state index in [-0.39, 0.29) is 5.92 Å². The Labute approximate surface area is 74.6 Å². The molecule has 1 rings (SSSR count). The largest absolute Gasteiger partial charge is 0.390 e. The van der Waals surface area contributed by atoms with Crippen molar-refractivity contribution < 1.29 is 10.2 Å². The van der Waals surface area contributed by atoms with Crippen LogP contribution >= 0.6 is 0 Å². The average molecular weight is 171 g/mol. The van der Waals surface area contributed by atoms with Crippen molar-refractivity contribution in [2.24, 2.45) is 11.8 Å². The van der Waals surface area contributed by atoms with Crippen molar-refractivity contribution in [3.05, 3.63) is 6.10 Å². The van der Waals surface area contributed by atoms with Crippen LogP contribution in [0, 0.1) is 17.9 Å². The quantitative estimate of drug-likeness (QED) is 0.634. The first-order valence-corrected chi connectivity index (χ1v) is 4.68. The maximum Gasteiger partial charge on any atom is 0.0994 e. The number of aliphatic hydroxyl groups is 2. The highest BCUT2D eigenvalue weighted by atomic mass is 16.3. The van der Waals surface area contributed by atoms with Gasteiger partial charge in [0.05, 0.1) is 11.7 Å². The molecule has 0 bridgehead atoms. The van der Waals surface area contributed by atoms with Crippen LogP contribution in [-0.4, -0.2) is 15.8 Å². The molecule has 0 aromatic rings.